The van der Waals surface area contributed by atoms with Gasteiger partial charge in [0.15, 0.2) is 0 Å². The van der Waals surface area contributed by atoms with Crippen LogP contribution in [0.4, 0.5) is 8.78 Å². The summed E-state index contributed by atoms with van der Waals surface area (Å²) in [7, 11) is 0. The highest BCUT2D eigenvalue weighted by Gasteiger charge is 2.16. The van der Waals surface area contributed by atoms with Gasteiger partial charge in [-0.25, -0.2) is 8.78 Å². The van der Waals surface area contributed by atoms with E-state index < -0.39 is 11.6 Å². The molecule has 2 aromatic rings. The zero-order valence-corrected chi connectivity index (χ0v) is 10.7. The summed E-state index contributed by atoms with van der Waals surface area (Å²) in [5, 5.41) is 0. The molecule has 0 N–H and O–H groups in total. The molecule has 1 aromatic carbocycles. The molecule has 19 heavy (non-hydrogen) atoms. The van der Waals surface area contributed by atoms with Gasteiger partial charge in [0.25, 0.3) is 0 Å². The fourth-order valence-corrected chi connectivity index (χ4v) is 1.99. The molecule has 2 rings (SSSR count). The molecule has 0 fully saturated rings. The summed E-state index contributed by atoms with van der Waals surface area (Å²) in [5.74, 6) is -1.07. The van der Waals surface area contributed by atoms with Crippen molar-refractivity contribution < 1.29 is 8.78 Å². The molecule has 1 aromatic heterocycles. The van der Waals surface area contributed by atoms with Crippen LogP contribution in [0.2, 0.25) is 0 Å². The first-order valence-electron chi connectivity index (χ1n) is 5.91. The van der Waals surface area contributed by atoms with Crippen molar-refractivity contribution in [3.8, 4) is 11.3 Å². The van der Waals surface area contributed by atoms with Crippen LogP contribution < -0.4 is 0 Å². The van der Waals surface area contributed by atoms with Gasteiger partial charge in [0, 0.05) is 17.8 Å². The van der Waals surface area contributed by atoms with Gasteiger partial charge in [-0.1, -0.05) is 21.3 Å². The van der Waals surface area contributed by atoms with Gasteiger partial charge >= 0.3 is 0 Å². The van der Waals surface area contributed by atoms with Gasteiger partial charge in [-0.15, -0.1) is 0 Å². The van der Waals surface area contributed by atoms with E-state index in [1.807, 2.05) is 32.9 Å². The lowest BCUT2D eigenvalue weighted by molar-refractivity contribution is 0.579. The number of rotatable bonds is 2. The van der Waals surface area contributed by atoms with Crippen LogP contribution in [-0.4, -0.2) is 4.98 Å². The van der Waals surface area contributed by atoms with Crippen LogP contribution in [0, 0.1) is 18.6 Å². The highest BCUT2D eigenvalue weighted by molar-refractivity contribution is 5.65. The summed E-state index contributed by atoms with van der Waals surface area (Å²) in [6, 6.07) is 5.94. The fraction of sp³-hybridized carbons (Fsp3) is 0.312. The van der Waals surface area contributed by atoms with Crippen molar-refractivity contribution in [1.29, 1.82) is 0 Å². The predicted octanol–water partition coefficient (Wildman–Crippen LogP) is 5.09. The second-order valence-electron chi connectivity index (χ2n) is 4.72. The molecule has 0 saturated heterocycles. The first-order chi connectivity index (χ1) is 8.49. The predicted molar refractivity (Wildman–Crippen MR) is 75.1 cm³/mol. The second kappa shape index (κ2) is 5.91. The Morgan fingerprint density at radius 1 is 1.11 bits per heavy atom. The lowest BCUT2D eigenvalue weighted by atomic mass is 9.94. The van der Waals surface area contributed by atoms with Gasteiger partial charge in [-0.2, -0.15) is 0 Å². The molecule has 102 valence electrons. The van der Waals surface area contributed by atoms with Crippen LogP contribution in [0.1, 0.15) is 38.3 Å². The van der Waals surface area contributed by atoms with Crippen LogP contribution >= 0.6 is 0 Å². The minimum Gasteiger partial charge on any atom is -0.256 e. The van der Waals surface area contributed by atoms with E-state index >= 15 is 0 Å². The van der Waals surface area contributed by atoms with Gasteiger partial charge < -0.3 is 0 Å². The average Bonchev–Trinajstić information content (AvgIpc) is 2.27. The number of halogens is 2. The largest absolute Gasteiger partial charge is 0.256 e. The first kappa shape index (κ1) is 15.3. The minimum atomic E-state index is -0.559. The smallest absolute Gasteiger partial charge is 0.135 e. The summed E-state index contributed by atoms with van der Waals surface area (Å²) < 4.78 is 27.3. The summed E-state index contributed by atoms with van der Waals surface area (Å²) in [6.07, 6.45) is 1.64. The molecule has 1 heterocycles. The number of benzene rings is 1. The number of hydrogen-bond acceptors (Lipinski definition) is 1. The molecule has 0 saturated carbocycles. The molecule has 0 aliphatic carbocycles. The molecular formula is C16H19F2N. The van der Waals surface area contributed by atoms with Gasteiger partial charge in [0.1, 0.15) is 11.6 Å². The van der Waals surface area contributed by atoms with Crippen molar-refractivity contribution >= 4 is 0 Å². The monoisotopic (exact) mass is 263 g/mol. The maximum absolute atomic E-state index is 14.0. The summed E-state index contributed by atoms with van der Waals surface area (Å²) >= 11 is 0. The first-order valence-corrected chi connectivity index (χ1v) is 5.91. The van der Waals surface area contributed by atoms with E-state index in [1.165, 1.54) is 6.07 Å². The molecule has 0 aliphatic rings. The van der Waals surface area contributed by atoms with E-state index in [9.17, 15) is 8.78 Å². The van der Waals surface area contributed by atoms with Gasteiger partial charge in [-0.05, 0) is 42.2 Å². The molecule has 0 atom stereocenters. The Balaban J connectivity index is 0.00000180. The Morgan fingerprint density at radius 2 is 1.79 bits per heavy atom. The summed E-state index contributed by atoms with van der Waals surface area (Å²) in [4.78, 5) is 4.18. The molecule has 0 amide bonds. The molecule has 3 heteroatoms. The third kappa shape index (κ3) is 3.16. The highest BCUT2D eigenvalue weighted by atomic mass is 19.1. The van der Waals surface area contributed by atoms with E-state index in [0.717, 1.165) is 11.6 Å². The number of hydrogen-bond donors (Lipinski definition) is 0. The number of nitrogens with zero attached hydrogens (tertiary/aromatic N) is 1. The van der Waals surface area contributed by atoms with Gasteiger partial charge in [0.2, 0.25) is 0 Å². The van der Waals surface area contributed by atoms with Crippen molar-refractivity contribution in [2.24, 2.45) is 0 Å². The van der Waals surface area contributed by atoms with Crippen molar-refractivity contribution in [2.75, 3.05) is 0 Å². The van der Waals surface area contributed by atoms with Crippen LogP contribution in [0.25, 0.3) is 11.3 Å². The van der Waals surface area contributed by atoms with E-state index in [2.05, 4.69) is 4.98 Å². The van der Waals surface area contributed by atoms with Crippen LogP contribution in [0.5, 0.6) is 0 Å². The van der Waals surface area contributed by atoms with E-state index in [0.29, 0.717) is 16.8 Å². The van der Waals surface area contributed by atoms with Gasteiger partial charge in [0.05, 0.1) is 5.69 Å². The Kier molecular flexibility index (Phi) is 4.76. The topological polar surface area (TPSA) is 12.9 Å². The van der Waals surface area contributed by atoms with Crippen molar-refractivity contribution in [2.45, 2.75) is 34.1 Å². The summed E-state index contributed by atoms with van der Waals surface area (Å²) in [5.41, 5.74) is 2.59. The average molecular weight is 263 g/mol. The minimum absolute atomic E-state index is 0. The normalized spacial score (nSPS) is 10.4. The molecule has 1 nitrogen and oxygen atoms in total. The highest BCUT2D eigenvalue weighted by Crippen LogP contribution is 2.31. The number of pyridine rings is 1. The van der Waals surface area contributed by atoms with Gasteiger partial charge in [-0.3, -0.25) is 4.98 Å². The molecule has 0 radical (unpaired) electrons. The van der Waals surface area contributed by atoms with E-state index in [1.54, 1.807) is 6.20 Å². The Labute approximate surface area is 113 Å². The van der Waals surface area contributed by atoms with Crippen molar-refractivity contribution in [3.63, 3.8) is 0 Å². The maximum Gasteiger partial charge on any atom is 0.135 e. The van der Waals surface area contributed by atoms with Crippen molar-refractivity contribution in [3.05, 3.63) is 53.2 Å². The maximum atomic E-state index is 14.0. The molecular weight excluding hydrogens is 244 g/mol. The zero-order valence-electron chi connectivity index (χ0n) is 10.7. The lowest BCUT2D eigenvalue weighted by Gasteiger charge is -2.14. The van der Waals surface area contributed by atoms with Crippen LogP contribution in [0.3, 0.4) is 0 Å². The standard InChI is InChI=1S/C15H15F2N.CH4/c1-9(2)12-7-11(16)8-13(17)15(12)14-6-10(3)4-5-18-14;/h4-9H,1-3H3;1H4. The number of aryl methyl sites for hydroxylation is 1. The quantitative estimate of drug-likeness (QED) is 0.735. The Hall–Kier alpha value is -1.77. The second-order valence-corrected chi connectivity index (χ2v) is 4.72. The third-order valence-electron chi connectivity index (χ3n) is 2.88. The molecule has 0 spiro atoms. The van der Waals surface area contributed by atoms with E-state index in [4.69, 9.17) is 0 Å². The third-order valence-corrected chi connectivity index (χ3v) is 2.88. The molecule has 0 aliphatic heterocycles. The lowest BCUT2D eigenvalue weighted by Crippen LogP contribution is -1.99. The Morgan fingerprint density at radius 3 is 2.37 bits per heavy atom. The Bertz CT molecular complexity index is 577. The van der Waals surface area contributed by atoms with Crippen LogP contribution in [0.15, 0.2) is 30.5 Å². The molecule has 0 unspecified atom stereocenters. The van der Waals surface area contributed by atoms with Crippen molar-refractivity contribution in [1.82, 2.24) is 4.98 Å². The summed E-state index contributed by atoms with van der Waals surface area (Å²) in [6.45, 7) is 5.74. The van der Waals surface area contributed by atoms with Crippen LogP contribution in [-0.2, 0) is 0 Å². The molecule has 0 bridgehead atoms. The zero-order chi connectivity index (χ0) is 13.3. The SMILES string of the molecule is C.Cc1ccnc(-c2c(F)cc(F)cc2C(C)C)c1. The number of aromatic nitrogens is 1. The van der Waals surface area contributed by atoms with E-state index in [-0.39, 0.29) is 13.3 Å². The fourth-order valence-electron chi connectivity index (χ4n) is 1.99.